The normalized spacial score (nSPS) is 12.6. The first-order valence-corrected chi connectivity index (χ1v) is 8.09. The van der Waals surface area contributed by atoms with Gasteiger partial charge in [0.25, 0.3) is 5.91 Å². The molecule has 2 rings (SSSR count). The van der Waals surface area contributed by atoms with E-state index in [9.17, 15) is 9.90 Å². The Labute approximate surface area is 142 Å². The minimum absolute atomic E-state index is 0.103. The van der Waals surface area contributed by atoms with Crippen molar-refractivity contribution < 1.29 is 14.4 Å². The first-order chi connectivity index (χ1) is 11.5. The lowest BCUT2D eigenvalue weighted by atomic mass is 10.1. The fourth-order valence-corrected chi connectivity index (χ4v) is 2.38. The van der Waals surface area contributed by atoms with Crippen molar-refractivity contribution in [2.45, 2.75) is 33.0 Å². The molecular formula is C18H25N3O3. The third kappa shape index (κ3) is 5.18. The molecule has 0 radical (unpaired) electrons. The van der Waals surface area contributed by atoms with Gasteiger partial charge in [-0.25, -0.2) is 0 Å². The van der Waals surface area contributed by atoms with Crippen molar-refractivity contribution >= 4 is 5.91 Å². The zero-order valence-corrected chi connectivity index (χ0v) is 14.4. The summed E-state index contributed by atoms with van der Waals surface area (Å²) in [6.45, 7) is 5.11. The molecule has 2 N–H and O–H groups in total. The van der Waals surface area contributed by atoms with E-state index in [0.29, 0.717) is 12.3 Å². The third-order valence-corrected chi connectivity index (χ3v) is 3.83. The van der Waals surface area contributed by atoms with Gasteiger partial charge in [-0.1, -0.05) is 49.3 Å². The molecular weight excluding hydrogens is 306 g/mol. The van der Waals surface area contributed by atoms with E-state index < -0.39 is 0 Å². The summed E-state index contributed by atoms with van der Waals surface area (Å²) in [6.07, 6.45) is 0. The quantitative estimate of drug-likeness (QED) is 0.774. The number of carbonyl (C=O) groups excluding carboxylic acids is 1. The molecule has 1 aromatic carbocycles. The molecule has 6 heteroatoms. The number of carbonyl (C=O) groups is 1. The molecule has 0 fully saturated rings. The molecule has 0 aliphatic rings. The van der Waals surface area contributed by atoms with Crippen molar-refractivity contribution in [1.82, 2.24) is 15.4 Å². The molecule has 2 aromatic rings. The summed E-state index contributed by atoms with van der Waals surface area (Å²) in [5, 5.41) is 15.9. The van der Waals surface area contributed by atoms with Crippen LogP contribution < -0.4 is 5.32 Å². The Hall–Kier alpha value is -2.18. The highest BCUT2D eigenvalue weighted by Gasteiger charge is 2.19. The molecule has 130 valence electrons. The SMILES string of the molecule is CC(C)C(CO)NC(=O)c1cc(CN(C)Cc2ccccc2)on1. The fraction of sp³-hybridized carbons (Fsp3) is 0.444. The maximum atomic E-state index is 12.2. The number of amides is 1. The van der Waals surface area contributed by atoms with Crippen LogP contribution in [0.25, 0.3) is 0 Å². The Morgan fingerprint density at radius 3 is 2.62 bits per heavy atom. The first-order valence-electron chi connectivity index (χ1n) is 8.09. The summed E-state index contributed by atoms with van der Waals surface area (Å²) in [5.41, 5.74) is 1.44. The van der Waals surface area contributed by atoms with E-state index in [-0.39, 0.29) is 30.2 Å². The second-order valence-electron chi connectivity index (χ2n) is 6.34. The molecule has 0 saturated heterocycles. The second-order valence-corrected chi connectivity index (χ2v) is 6.34. The topological polar surface area (TPSA) is 78.6 Å². The van der Waals surface area contributed by atoms with Crippen LogP contribution >= 0.6 is 0 Å². The van der Waals surface area contributed by atoms with Crippen LogP contribution in [-0.2, 0) is 13.1 Å². The van der Waals surface area contributed by atoms with Gasteiger partial charge in [-0.05, 0) is 18.5 Å². The van der Waals surface area contributed by atoms with Crippen LogP contribution in [0.1, 0.15) is 35.7 Å². The highest BCUT2D eigenvalue weighted by molar-refractivity contribution is 5.92. The molecule has 0 saturated carbocycles. The van der Waals surface area contributed by atoms with Crippen LogP contribution in [0, 0.1) is 5.92 Å². The predicted molar refractivity (Wildman–Crippen MR) is 91.3 cm³/mol. The number of aliphatic hydroxyl groups excluding tert-OH is 1. The summed E-state index contributed by atoms with van der Waals surface area (Å²) in [5.74, 6) is 0.439. The smallest absolute Gasteiger partial charge is 0.273 e. The number of nitrogens with zero attached hydrogens (tertiary/aromatic N) is 2. The summed E-state index contributed by atoms with van der Waals surface area (Å²) in [7, 11) is 1.98. The second kappa shape index (κ2) is 8.61. The van der Waals surface area contributed by atoms with E-state index in [1.165, 1.54) is 5.56 Å². The molecule has 1 unspecified atom stereocenters. The monoisotopic (exact) mass is 331 g/mol. The molecule has 0 spiro atoms. The molecule has 0 bridgehead atoms. The number of aliphatic hydroxyl groups is 1. The minimum atomic E-state index is -0.330. The number of hydrogen-bond acceptors (Lipinski definition) is 5. The van der Waals surface area contributed by atoms with Gasteiger partial charge in [0.2, 0.25) is 0 Å². The van der Waals surface area contributed by atoms with Gasteiger partial charge in [0.15, 0.2) is 11.5 Å². The highest BCUT2D eigenvalue weighted by Crippen LogP contribution is 2.10. The first kappa shape index (κ1) is 18.2. The lowest BCUT2D eigenvalue weighted by molar-refractivity contribution is 0.0887. The van der Waals surface area contributed by atoms with Crippen molar-refractivity contribution in [3.8, 4) is 0 Å². The van der Waals surface area contributed by atoms with Crippen LogP contribution in [0.4, 0.5) is 0 Å². The van der Waals surface area contributed by atoms with Gasteiger partial charge < -0.3 is 14.9 Å². The Morgan fingerprint density at radius 1 is 1.29 bits per heavy atom. The number of benzene rings is 1. The molecule has 1 atom stereocenters. The highest BCUT2D eigenvalue weighted by atomic mass is 16.5. The van der Waals surface area contributed by atoms with Crippen LogP contribution in [-0.4, -0.2) is 40.8 Å². The van der Waals surface area contributed by atoms with E-state index in [4.69, 9.17) is 4.52 Å². The standard InChI is InChI=1S/C18H25N3O3/c1-13(2)17(12-22)19-18(23)16-9-15(24-20-16)11-21(3)10-14-7-5-4-6-8-14/h4-9,13,17,22H,10-12H2,1-3H3,(H,19,23). The minimum Gasteiger partial charge on any atom is -0.394 e. The summed E-state index contributed by atoms with van der Waals surface area (Å²) in [6, 6.07) is 11.5. The molecule has 6 nitrogen and oxygen atoms in total. The number of rotatable bonds is 8. The number of hydrogen-bond donors (Lipinski definition) is 2. The molecule has 1 aromatic heterocycles. The van der Waals surface area contributed by atoms with Gasteiger partial charge in [0.05, 0.1) is 19.2 Å². The van der Waals surface area contributed by atoms with Gasteiger partial charge in [0, 0.05) is 12.6 Å². The van der Waals surface area contributed by atoms with Crippen molar-refractivity contribution in [2.75, 3.05) is 13.7 Å². The van der Waals surface area contributed by atoms with E-state index in [1.807, 2.05) is 39.1 Å². The summed E-state index contributed by atoms with van der Waals surface area (Å²) >= 11 is 0. The Morgan fingerprint density at radius 2 is 2.00 bits per heavy atom. The average molecular weight is 331 g/mol. The van der Waals surface area contributed by atoms with Crippen LogP contribution in [0.2, 0.25) is 0 Å². The molecule has 0 aliphatic carbocycles. The Balaban J connectivity index is 1.91. The molecule has 1 heterocycles. The zero-order valence-electron chi connectivity index (χ0n) is 14.4. The number of nitrogens with one attached hydrogen (secondary N) is 1. The Kier molecular flexibility index (Phi) is 6.52. The summed E-state index contributed by atoms with van der Waals surface area (Å²) < 4.78 is 5.25. The lowest BCUT2D eigenvalue weighted by Crippen LogP contribution is -2.41. The van der Waals surface area contributed by atoms with Crippen molar-refractivity contribution in [3.63, 3.8) is 0 Å². The molecule has 0 aliphatic heterocycles. The van der Waals surface area contributed by atoms with E-state index in [2.05, 4.69) is 27.5 Å². The maximum absolute atomic E-state index is 12.2. The Bertz CT molecular complexity index is 640. The summed E-state index contributed by atoms with van der Waals surface area (Å²) in [4.78, 5) is 14.2. The maximum Gasteiger partial charge on any atom is 0.273 e. The van der Waals surface area contributed by atoms with Crippen LogP contribution in [0.3, 0.4) is 0 Å². The molecule has 1 amide bonds. The van der Waals surface area contributed by atoms with Gasteiger partial charge in [-0.3, -0.25) is 9.69 Å². The third-order valence-electron chi connectivity index (χ3n) is 3.83. The van der Waals surface area contributed by atoms with Crippen LogP contribution in [0.5, 0.6) is 0 Å². The van der Waals surface area contributed by atoms with Crippen LogP contribution in [0.15, 0.2) is 40.9 Å². The van der Waals surface area contributed by atoms with Gasteiger partial charge in [-0.15, -0.1) is 0 Å². The van der Waals surface area contributed by atoms with Gasteiger partial charge in [0.1, 0.15) is 0 Å². The molecule has 24 heavy (non-hydrogen) atoms. The van der Waals surface area contributed by atoms with E-state index >= 15 is 0 Å². The predicted octanol–water partition coefficient (Wildman–Crippen LogP) is 2.05. The van der Waals surface area contributed by atoms with E-state index in [0.717, 1.165) is 6.54 Å². The van der Waals surface area contributed by atoms with Gasteiger partial charge >= 0.3 is 0 Å². The average Bonchev–Trinajstić information content (AvgIpc) is 3.01. The van der Waals surface area contributed by atoms with Gasteiger partial charge in [-0.2, -0.15) is 0 Å². The van der Waals surface area contributed by atoms with Crippen molar-refractivity contribution in [3.05, 3.63) is 53.4 Å². The zero-order chi connectivity index (χ0) is 17.5. The van der Waals surface area contributed by atoms with E-state index in [1.54, 1.807) is 6.07 Å². The van der Waals surface area contributed by atoms with Crippen molar-refractivity contribution in [1.29, 1.82) is 0 Å². The number of aromatic nitrogens is 1. The largest absolute Gasteiger partial charge is 0.394 e. The lowest BCUT2D eigenvalue weighted by Gasteiger charge is -2.18. The van der Waals surface area contributed by atoms with Crippen molar-refractivity contribution in [2.24, 2.45) is 5.92 Å². The fourth-order valence-electron chi connectivity index (χ4n) is 2.38.